The number of benzene rings is 3. The minimum absolute atomic E-state index is 0.0806. The number of hydrogen-bond acceptors (Lipinski definition) is 7. The van der Waals surface area contributed by atoms with Gasteiger partial charge in [0, 0.05) is 36.6 Å². The first-order valence-electron chi connectivity index (χ1n) is 12.5. The summed E-state index contributed by atoms with van der Waals surface area (Å²) in [5.41, 5.74) is 3.44. The average molecular weight is 536 g/mol. The molecule has 40 heavy (non-hydrogen) atoms. The van der Waals surface area contributed by atoms with E-state index >= 15 is 0 Å². The lowest BCUT2D eigenvalue weighted by Gasteiger charge is -2.25. The van der Waals surface area contributed by atoms with Gasteiger partial charge in [-0.05, 0) is 72.1 Å². The van der Waals surface area contributed by atoms with Crippen molar-refractivity contribution in [2.75, 3.05) is 0 Å². The van der Waals surface area contributed by atoms with E-state index in [0.717, 1.165) is 16.7 Å². The summed E-state index contributed by atoms with van der Waals surface area (Å²) in [4.78, 5) is 42.5. The predicted molar refractivity (Wildman–Crippen MR) is 147 cm³/mol. The van der Waals surface area contributed by atoms with Crippen LogP contribution in [0.3, 0.4) is 0 Å². The summed E-state index contributed by atoms with van der Waals surface area (Å²) in [6.45, 7) is 2.45. The number of Topliss-reactive ketones (excluding diaryl/α,β-unsaturated/α-hetero) is 1. The Hall–Kier alpha value is -5.31. The second-order valence-corrected chi connectivity index (χ2v) is 9.43. The number of carbonyl (C=O) groups excluding carboxylic acids is 2. The number of likely N-dealkylation sites (tertiary alicyclic amines) is 1. The Balaban J connectivity index is 1.48. The van der Waals surface area contributed by atoms with Crippen molar-refractivity contribution in [3.05, 3.63) is 141 Å². The maximum absolute atomic E-state index is 13.3. The molecule has 0 spiro atoms. The summed E-state index contributed by atoms with van der Waals surface area (Å²) in [6.07, 6.45) is 3.16. The number of amides is 1. The molecule has 0 aliphatic carbocycles. The molecule has 0 saturated carbocycles. The number of nitro benzene ring substituents is 1. The first kappa shape index (κ1) is 26.3. The topological polar surface area (TPSA) is 123 Å². The fourth-order valence-corrected chi connectivity index (χ4v) is 4.69. The maximum atomic E-state index is 13.3. The summed E-state index contributed by atoms with van der Waals surface area (Å²) < 4.78 is 5.86. The largest absolute Gasteiger partial charge is 0.507 e. The SMILES string of the molecule is Cc1cccc(COc2ccc(C(O)=C3C(=O)C(=O)N(Cc4ccncc4)[C@H]3c3ccc([N+](=O)[O-])cc3)cc2)c1. The zero-order valence-corrected chi connectivity index (χ0v) is 21.6. The molecular formula is C31H25N3O6. The Bertz CT molecular complexity index is 1600. The van der Waals surface area contributed by atoms with Crippen LogP contribution in [-0.4, -0.2) is 31.6 Å². The lowest BCUT2D eigenvalue weighted by atomic mass is 9.95. The van der Waals surface area contributed by atoms with E-state index < -0.39 is 22.7 Å². The lowest BCUT2D eigenvalue weighted by molar-refractivity contribution is -0.384. The molecular weight excluding hydrogens is 510 g/mol. The summed E-state index contributed by atoms with van der Waals surface area (Å²) in [6, 6.07) is 22.6. The van der Waals surface area contributed by atoms with E-state index in [2.05, 4.69) is 4.98 Å². The molecule has 0 unspecified atom stereocenters. The number of aliphatic hydroxyl groups excluding tert-OH is 1. The molecule has 1 amide bonds. The smallest absolute Gasteiger partial charge is 0.295 e. The number of aryl methyl sites for hydroxylation is 1. The second kappa shape index (κ2) is 11.2. The molecule has 3 aromatic carbocycles. The van der Waals surface area contributed by atoms with Crippen molar-refractivity contribution in [2.45, 2.75) is 26.1 Å². The van der Waals surface area contributed by atoms with Gasteiger partial charge in [-0.2, -0.15) is 0 Å². The molecule has 1 aliphatic heterocycles. The number of aliphatic hydroxyl groups is 1. The fourth-order valence-electron chi connectivity index (χ4n) is 4.69. The molecule has 1 saturated heterocycles. The van der Waals surface area contributed by atoms with E-state index in [1.54, 1.807) is 48.8 Å². The molecule has 1 atom stereocenters. The Labute approximate surface area is 230 Å². The van der Waals surface area contributed by atoms with Gasteiger partial charge in [0.25, 0.3) is 17.4 Å². The minimum atomic E-state index is -0.953. The predicted octanol–water partition coefficient (Wildman–Crippen LogP) is 5.50. The van der Waals surface area contributed by atoms with E-state index in [1.807, 2.05) is 31.2 Å². The van der Waals surface area contributed by atoms with Crippen molar-refractivity contribution in [3.8, 4) is 5.75 Å². The van der Waals surface area contributed by atoms with Crippen LogP contribution in [0, 0.1) is 17.0 Å². The van der Waals surface area contributed by atoms with Crippen LogP contribution in [0.15, 0.2) is 103 Å². The first-order valence-corrected chi connectivity index (χ1v) is 12.5. The van der Waals surface area contributed by atoms with Gasteiger partial charge in [0.05, 0.1) is 16.5 Å². The molecule has 1 aliphatic rings. The Morgan fingerprint density at radius 2 is 1.68 bits per heavy atom. The van der Waals surface area contributed by atoms with Crippen molar-refractivity contribution < 1.29 is 24.4 Å². The van der Waals surface area contributed by atoms with Crippen LogP contribution in [0.5, 0.6) is 5.75 Å². The van der Waals surface area contributed by atoms with Crippen LogP contribution in [-0.2, 0) is 22.7 Å². The quantitative estimate of drug-likeness (QED) is 0.104. The number of rotatable bonds is 8. The monoisotopic (exact) mass is 535 g/mol. The molecule has 1 N–H and O–H groups in total. The minimum Gasteiger partial charge on any atom is -0.507 e. The van der Waals surface area contributed by atoms with E-state index in [4.69, 9.17) is 4.74 Å². The molecule has 2 heterocycles. The van der Waals surface area contributed by atoms with Gasteiger partial charge in [-0.15, -0.1) is 0 Å². The van der Waals surface area contributed by atoms with Gasteiger partial charge in [0.2, 0.25) is 0 Å². The molecule has 0 bridgehead atoms. The number of ether oxygens (including phenoxy) is 1. The number of pyridine rings is 1. The number of nitro groups is 1. The Kier molecular flexibility index (Phi) is 7.37. The van der Waals surface area contributed by atoms with Gasteiger partial charge < -0.3 is 14.7 Å². The highest BCUT2D eigenvalue weighted by Gasteiger charge is 2.46. The van der Waals surface area contributed by atoms with Gasteiger partial charge >= 0.3 is 0 Å². The molecule has 9 nitrogen and oxygen atoms in total. The zero-order chi connectivity index (χ0) is 28.2. The Morgan fingerprint density at radius 3 is 2.33 bits per heavy atom. The Morgan fingerprint density at radius 1 is 0.975 bits per heavy atom. The second-order valence-electron chi connectivity index (χ2n) is 9.43. The number of nitrogens with zero attached hydrogens (tertiary/aromatic N) is 3. The van der Waals surface area contributed by atoms with Crippen LogP contribution in [0.2, 0.25) is 0 Å². The van der Waals surface area contributed by atoms with Crippen molar-refractivity contribution in [3.63, 3.8) is 0 Å². The highest BCUT2D eigenvalue weighted by Crippen LogP contribution is 2.40. The standard InChI is InChI=1S/C31H25N3O6/c1-20-3-2-4-22(17-20)19-40-26-11-7-24(8-12-26)29(35)27-28(23-5-9-25(10-6-23)34(38)39)33(31(37)30(27)36)18-21-13-15-32-16-14-21/h2-17,28,35H,18-19H2,1H3/t28-/m0/s1. The van der Waals surface area contributed by atoms with E-state index in [9.17, 15) is 24.8 Å². The number of non-ortho nitro benzene ring substituents is 1. The van der Waals surface area contributed by atoms with Gasteiger partial charge in [-0.25, -0.2) is 0 Å². The molecule has 0 radical (unpaired) electrons. The highest BCUT2D eigenvalue weighted by molar-refractivity contribution is 6.46. The van der Waals surface area contributed by atoms with Gasteiger partial charge in [0.15, 0.2) is 0 Å². The van der Waals surface area contributed by atoms with Gasteiger partial charge in [-0.3, -0.25) is 24.7 Å². The molecule has 5 rings (SSSR count). The highest BCUT2D eigenvalue weighted by atomic mass is 16.6. The zero-order valence-electron chi connectivity index (χ0n) is 21.6. The van der Waals surface area contributed by atoms with Crippen molar-refractivity contribution >= 4 is 23.1 Å². The van der Waals surface area contributed by atoms with Crippen LogP contribution in [0.1, 0.15) is 33.9 Å². The van der Waals surface area contributed by atoms with Gasteiger partial charge in [0.1, 0.15) is 18.1 Å². The first-order chi connectivity index (χ1) is 19.3. The third-order valence-electron chi connectivity index (χ3n) is 6.68. The third-order valence-corrected chi connectivity index (χ3v) is 6.68. The summed E-state index contributed by atoms with van der Waals surface area (Å²) >= 11 is 0. The number of carbonyl (C=O) groups is 2. The number of aromatic nitrogens is 1. The normalized spacial score (nSPS) is 16.2. The molecule has 1 fully saturated rings. The summed E-state index contributed by atoms with van der Waals surface area (Å²) in [5.74, 6) is -1.39. The lowest BCUT2D eigenvalue weighted by Crippen LogP contribution is -2.29. The van der Waals surface area contributed by atoms with Crippen molar-refractivity contribution in [2.24, 2.45) is 0 Å². The molecule has 1 aromatic heterocycles. The van der Waals surface area contributed by atoms with Crippen LogP contribution < -0.4 is 4.74 Å². The van der Waals surface area contributed by atoms with E-state index in [-0.39, 0.29) is 23.6 Å². The fraction of sp³-hybridized carbons (Fsp3) is 0.129. The van der Waals surface area contributed by atoms with E-state index in [0.29, 0.717) is 23.5 Å². The number of ketones is 1. The van der Waals surface area contributed by atoms with Gasteiger partial charge in [-0.1, -0.05) is 29.8 Å². The van der Waals surface area contributed by atoms with Crippen molar-refractivity contribution in [1.82, 2.24) is 9.88 Å². The van der Waals surface area contributed by atoms with Crippen LogP contribution in [0.25, 0.3) is 5.76 Å². The van der Waals surface area contributed by atoms with Crippen molar-refractivity contribution in [1.29, 1.82) is 0 Å². The average Bonchev–Trinajstić information content (AvgIpc) is 3.21. The van der Waals surface area contributed by atoms with Crippen LogP contribution in [0.4, 0.5) is 5.69 Å². The molecule has 9 heteroatoms. The summed E-state index contributed by atoms with van der Waals surface area (Å²) in [5, 5.41) is 22.5. The molecule has 200 valence electrons. The number of hydrogen-bond donors (Lipinski definition) is 1. The third kappa shape index (κ3) is 5.44. The van der Waals surface area contributed by atoms with Crippen LogP contribution >= 0.6 is 0 Å². The maximum Gasteiger partial charge on any atom is 0.295 e. The van der Waals surface area contributed by atoms with E-state index in [1.165, 1.54) is 29.2 Å². The molecule has 4 aromatic rings. The summed E-state index contributed by atoms with van der Waals surface area (Å²) in [7, 11) is 0.